The number of hydrogen-bond donors (Lipinski definition) is 0. The number of carbonyl (C=O) groups excluding carboxylic acids is 1. The van der Waals surface area contributed by atoms with Gasteiger partial charge in [-0.05, 0) is 68.3 Å². The molecular weight excluding hydrogens is 400 g/mol. The van der Waals surface area contributed by atoms with Gasteiger partial charge < -0.3 is 9.47 Å². The van der Waals surface area contributed by atoms with Gasteiger partial charge in [0, 0.05) is 22.8 Å². The number of halogens is 1. The predicted octanol–water partition coefficient (Wildman–Crippen LogP) is 5.66. The number of rotatable bonds is 8. The molecule has 0 radical (unpaired) electrons. The van der Waals surface area contributed by atoms with Gasteiger partial charge in [-0.2, -0.15) is 5.10 Å². The van der Waals surface area contributed by atoms with Crippen LogP contribution in [0, 0.1) is 13.8 Å². The van der Waals surface area contributed by atoms with E-state index in [1.165, 1.54) is 0 Å². The van der Waals surface area contributed by atoms with Crippen molar-refractivity contribution in [2.75, 3.05) is 7.11 Å². The number of carbonyl (C=O) groups is 1. The number of benzene rings is 2. The van der Waals surface area contributed by atoms with Crippen LogP contribution >= 0.6 is 11.6 Å². The van der Waals surface area contributed by atoms with Crippen molar-refractivity contribution >= 4 is 23.5 Å². The van der Waals surface area contributed by atoms with Crippen LogP contribution in [-0.4, -0.2) is 22.7 Å². The number of aromatic nitrogens is 2. The van der Waals surface area contributed by atoms with Gasteiger partial charge in [-0.3, -0.25) is 9.48 Å². The molecule has 0 saturated carbocycles. The summed E-state index contributed by atoms with van der Waals surface area (Å²) in [6.45, 7) is 6.90. The van der Waals surface area contributed by atoms with E-state index < -0.39 is 0 Å². The molecule has 3 rings (SSSR count). The number of methoxy groups -OCH3 is 1. The smallest absolute Gasteiger partial charge is 0.189 e. The van der Waals surface area contributed by atoms with Crippen LogP contribution in [-0.2, 0) is 13.2 Å². The van der Waals surface area contributed by atoms with E-state index in [-0.39, 0.29) is 5.78 Å². The van der Waals surface area contributed by atoms with E-state index in [4.69, 9.17) is 21.1 Å². The third kappa shape index (κ3) is 4.92. The van der Waals surface area contributed by atoms with Crippen molar-refractivity contribution in [1.82, 2.24) is 9.78 Å². The molecule has 1 heterocycles. The standard InChI is InChI=1S/C24H25ClN2O3/c1-5-27-17(3)21(14-26-27)23(28)10-6-18-7-11-24(29-4)19(13-18)15-30-20-8-9-22(25)16(2)12-20/h6-14H,5,15H2,1-4H3/b10-6+. The number of aryl methyl sites for hydroxylation is 2. The second kappa shape index (κ2) is 9.63. The van der Waals surface area contributed by atoms with Crippen molar-refractivity contribution in [1.29, 1.82) is 0 Å². The second-order valence-electron chi connectivity index (χ2n) is 6.93. The van der Waals surface area contributed by atoms with Crippen molar-refractivity contribution in [3.63, 3.8) is 0 Å². The Balaban J connectivity index is 1.76. The highest BCUT2D eigenvalue weighted by Crippen LogP contribution is 2.25. The number of ether oxygens (including phenoxy) is 2. The fourth-order valence-corrected chi connectivity index (χ4v) is 3.27. The highest BCUT2D eigenvalue weighted by atomic mass is 35.5. The van der Waals surface area contributed by atoms with Gasteiger partial charge >= 0.3 is 0 Å². The fraction of sp³-hybridized carbons (Fsp3) is 0.250. The average Bonchev–Trinajstić information content (AvgIpc) is 3.13. The first-order chi connectivity index (χ1) is 14.4. The van der Waals surface area contributed by atoms with Crippen LogP contribution in [0.15, 0.2) is 48.7 Å². The first-order valence-electron chi connectivity index (χ1n) is 9.73. The van der Waals surface area contributed by atoms with E-state index in [1.807, 2.05) is 61.9 Å². The molecular formula is C24H25ClN2O3. The van der Waals surface area contributed by atoms with Crippen LogP contribution in [0.5, 0.6) is 11.5 Å². The molecule has 0 saturated heterocycles. The van der Waals surface area contributed by atoms with Gasteiger partial charge in [0.1, 0.15) is 18.1 Å². The van der Waals surface area contributed by atoms with Gasteiger partial charge in [-0.25, -0.2) is 0 Å². The summed E-state index contributed by atoms with van der Waals surface area (Å²) >= 11 is 6.07. The minimum absolute atomic E-state index is 0.0718. The lowest BCUT2D eigenvalue weighted by Gasteiger charge is -2.12. The fourth-order valence-electron chi connectivity index (χ4n) is 3.15. The lowest BCUT2D eigenvalue weighted by Crippen LogP contribution is -2.02. The molecule has 0 aliphatic rings. The molecule has 0 bridgehead atoms. The summed E-state index contributed by atoms with van der Waals surface area (Å²) < 4.78 is 13.2. The molecule has 30 heavy (non-hydrogen) atoms. The van der Waals surface area contributed by atoms with Gasteiger partial charge in [0.15, 0.2) is 5.78 Å². The molecule has 0 fully saturated rings. The third-order valence-corrected chi connectivity index (χ3v) is 5.35. The van der Waals surface area contributed by atoms with Gasteiger partial charge in [0.05, 0.1) is 18.9 Å². The topological polar surface area (TPSA) is 53.4 Å². The summed E-state index contributed by atoms with van der Waals surface area (Å²) in [6, 6.07) is 11.3. The van der Waals surface area contributed by atoms with Crippen LogP contribution in [0.2, 0.25) is 5.02 Å². The molecule has 0 unspecified atom stereocenters. The van der Waals surface area contributed by atoms with Crippen LogP contribution in [0.1, 0.15) is 39.7 Å². The highest BCUT2D eigenvalue weighted by molar-refractivity contribution is 6.31. The van der Waals surface area contributed by atoms with E-state index in [0.717, 1.165) is 40.4 Å². The first-order valence-corrected chi connectivity index (χ1v) is 10.1. The molecule has 0 spiro atoms. The third-order valence-electron chi connectivity index (χ3n) is 4.92. The van der Waals surface area contributed by atoms with Crippen LogP contribution in [0.25, 0.3) is 6.08 Å². The Morgan fingerprint density at radius 1 is 1.20 bits per heavy atom. The van der Waals surface area contributed by atoms with Crippen molar-refractivity contribution < 1.29 is 14.3 Å². The van der Waals surface area contributed by atoms with Crippen LogP contribution in [0.3, 0.4) is 0 Å². The molecule has 156 valence electrons. The van der Waals surface area contributed by atoms with Gasteiger partial charge in [0.25, 0.3) is 0 Å². The number of ketones is 1. The summed E-state index contributed by atoms with van der Waals surface area (Å²) in [6.07, 6.45) is 4.98. The minimum atomic E-state index is -0.0718. The normalized spacial score (nSPS) is 11.1. The van der Waals surface area contributed by atoms with Crippen molar-refractivity contribution in [3.8, 4) is 11.5 Å². The molecule has 3 aromatic rings. The molecule has 6 heteroatoms. The average molecular weight is 425 g/mol. The van der Waals surface area contributed by atoms with Gasteiger partial charge in [-0.15, -0.1) is 0 Å². The van der Waals surface area contributed by atoms with Crippen molar-refractivity contribution in [2.45, 2.75) is 33.9 Å². The summed E-state index contributed by atoms with van der Waals surface area (Å²) in [5.41, 5.74) is 4.21. The van der Waals surface area contributed by atoms with E-state index in [1.54, 1.807) is 25.5 Å². The maximum absolute atomic E-state index is 12.5. The summed E-state index contributed by atoms with van der Waals surface area (Å²) in [7, 11) is 1.62. The molecule has 0 atom stereocenters. The predicted molar refractivity (Wildman–Crippen MR) is 120 cm³/mol. The maximum Gasteiger partial charge on any atom is 0.189 e. The Bertz CT molecular complexity index is 1090. The number of allylic oxidation sites excluding steroid dienone is 1. The SMILES string of the molecule is CCn1ncc(C(=O)/C=C/c2ccc(OC)c(COc3ccc(Cl)c(C)c3)c2)c1C. The van der Waals surface area contributed by atoms with E-state index in [9.17, 15) is 4.79 Å². The van der Waals surface area contributed by atoms with E-state index in [2.05, 4.69) is 5.10 Å². The Morgan fingerprint density at radius 3 is 2.67 bits per heavy atom. The van der Waals surface area contributed by atoms with Crippen LogP contribution < -0.4 is 9.47 Å². The zero-order chi connectivity index (χ0) is 21.7. The zero-order valence-corrected chi connectivity index (χ0v) is 18.4. The number of hydrogen-bond acceptors (Lipinski definition) is 4. The lowest BCUT2D eigenvalue weighted by molar-refractivity contribution is 0.104. The van der Waals surface area contributed by atoms with E-state index >= 15 is 0 Å². The van der Waals surface area contributed by atoms with Gasteiger partial charge in [0.2, 0.25) is 0 Å². The molecule has 5 nitrogen and oxygen atoms in total. The monoisotopic (exact) mass is 424 g/mol. The summed E-state index contributed by atoms with van der Waals surface area (Å²) in [4.78, 5) is 12.5. The molecule has 1 aromatic heterocycles. The number of nitrogens with zero attached hydrogens (tertiary/aromatic N) is 2. The quantitative estimate of drug-likeness (QED) is 0.346. The van der Waals surface area contributed by atoms with E-state index in [0.29, 0.717) is 17.2 Å². The van der Waals surface area contributed by atoms with Crippen molar-refractivity contribution in [3.05, 3.63) is 81.6 Å². The minimum Gasteiger partial charge on any atom is -0.496 e. The Labute approximate surface area is 181 Å². The Morgan fingerprint density at radius 2 is 2.00 bits per heavy atom. The summed E-state index contributed by atoms with van der Waals surface area (Å²) in [5, 5.41) is 4.94. The van der Waals surface area contributed by atoms with Crippen molar-refractivity contribution in [2.24, 2.45) is 0 Å². The van der Waals surface area contributed by atoms with Gasteiger partial charge in [-0.1, -0.05) is 23.7 Å². The van der Waals surface area contributed by atoms with Crippen LogP contribution in [0.4, 0.5) is 0 Å². The molecule has 2 aromatic carbocycles. The Hall–Kier alpha value is -3.05. The highest BCUT2D eigenvalue weighted by Gasteiger charge is 2.11. The lowest BCUT2D eigenvalue weighted by atomic mass is 10.1. The maximum atomic E-state index is 12.5. The Kier molecular flexibility index (Phi) is 6.95. The zero-order valence-electron chi connectivity index (χ0n) is 17.6. The first kappa shape index (κ1) is 21.7. The molecule has 0 aliphatic heterocycles. The summed E-state index contributed by atoms with van der Waals surface area (Å²) in [5.74, 6) is 1.39. The molecule has 0 aliphatic carbocycles. The molecule has 0 amide bonds. The largest absolute Gasteiger partial charge is 0.496 e. The second-order valence-corrected chi connectivity index (χ2v) is 7.34. The molecule has 0 N–H and O–H groups in total.